The first-order chi connectivity index (χ1) is 18.2. The molecule has 0 bridgehead atoms. The number of benzene rings is 2. The monoisotopic (exact) mass is 571 g/mol. The van der Waals surface area contributed by atoms with E-state index < -0.39 is 27.4 Å². The quantitative estimate of drug-likeness (QED) is 0.216. The Hall–Kier alpha value is -1.38. The molecule has 0 aromatic heterocycles. The van der Waals surface area contributed by atoms with E-state index in [1.165, 1.54) is 0 Å². The van der Waals surface area contributed by atoms with Gasteiger partial charge in [0.05, 0.1) is 57.0 Å². The molecule has 0 aliphatic rings. The third-order valence-electron chi connectivity index (χ3n) is 5.66. The fourth-order valence-electron chi connectivity index (χ4n) is 4.42. The SMILES string of the molecule is CCOP(=O)(C[C@H](O)CN(C[C@H](O)CP(=O)(OCC)OCC)C(c1ccccc1)c1ccccc1)OCC. The van der Waals surface area contributed by atoms with Crippen molar-refractivity contribution in [1.82, 2.24) is 4.90 Å². The zero-order valence-corrected chi connectivity index (χ0v) is 24.6. The van der Waals surface area contributed by atoms with Crippen molar-refractivity contribution >= 4 is 15.2 Å². The lowest BCUT2D eigenvalue weighted by molar-refractivity contribution is 0.0627. The highest BCUT2D eigenvalue weighted by Crippen LogP contribution is 2.50. The first-order valence-corrected chi connectivity index (χ1v) is 16.6. The molecule has 2 rings (SSSR count). The van der Waals surface area contributed by atoms with Crippen LogP contribution in [0.25, 0.3) is 0 Å². The summed E-state index contributed by atoms with van der Waals surface area (Å²) in [5.41, 5.74) is 1.88. The summed E-state index contributed by atoms with van der Waals surface area (Å²) < 4.78 is 47.8. The second-order valence-electron chi connectivity index (χ2n) is 8.74. The van der Waals surface area contributed by atoms with Crippen LogP contribution in [-0.4, -0.2) is 79.2 Å². The Morgan fingerprint density at radius 3 is 1.24 bits per heavy atom. The van der Waals surface area contributed by atoms with Crippen molar-refractivity contribution in [2.45, 2.75) is 45.9 Å². The maximum atomic E-state index is 13.1. The Bertz CT molecular complexity index is 911. The summed E-state index contributed by atoms with van der Waals surface area (Å²) in [4.78, 5) is 1.89. The molecule has 214 valence electrons. The Balaban J connectivity index is 2.42. The normalized spacial score (nSPS) is 14.2. The van der Waals surface area contributed by atoms with Crippen LogP contribution in [0.15, 0.2) is 60.7 Å². The van der Waals surface area contributed by atoms with E-state index >= 15 is 0 Å². The molecule has 0 aliphatic heterocycles. The van der Waals surface area contributed by atoms with Gasteiger partial charge in [0.1, 0.15) is 0 Å². The second kappa shape index (κ2) is 16.7. The smallest absolute Gasteiger partial charge is 0.333 e. The lowest BCUT2D eigenvalue weighted by atomic mass is 9.96. The summed E-state index contributed by atoms with van der Waals surface area (Å²) in [6, 6.07) is 19.1. The summed E-state index contributed by atoms with van der Waals surface area (Å²) in [5.74, 6) is 0. The van der Waals surface area contributed by atoms with Crippen LogP contribution in [0.1, 0.15) is 44.9 Å². The van der Waals surface area contributed by atoms with Gasteiger partial charge in [0.15, 0.2) is 0 Å². The van der Waals surface area contributed by atoms with Gasteiger partial charge in [-0.3, -0.25) is 14.0 Å². The summed E-state index contributed by atoms with van der Waals surface area (Å²) >= 11 is 0. The van der Waals surface area contributed by atoms with Gasteiger partial charge in [0, 0.05) is 13.1 Å². The van der Waals surface area contributed by atoms with Crippen molar-refractivity contribution in [3.8, 4) is 0 Å². The van der Waals surface area contributed by atoms with E-state index in [0.717, 1.165) is 11.1 Å². The molecule has 11 heteroatoms. The number of nitrogens with zero attached hydrogens (tertiary/aromatic N) is 1. The standard InChI is InChI=1S/C27H43NO8P2/c1-5-33-37(31,34-6-2)21-25(29)19-28(20-26(30)22-38(32,35-7-3)36-8-4)27(23-15-11-9-12-16-23)24-17-13-10-14-18-24/h9-18,25-27,29-30H,5-8,19-22H2,1-4H3/t25-,26+. The van der Waals surface area contributed by atoms with Crippen LogP contribution < -0.4 is 0 Å². The molecule has 2 N–H and O–H groups in total. The number of rotatable bonds is 19. The van der Waals surface area contributed by atoms with Gasteiger partial charge in [-0.05, 0) is 38.8 Å². The zero-order chi connectivity index (χ0) is 28.0. The minimum absolute atomic E-state index is 0.0449. The molecule has 9 nitrogen and oxygen atoms in total. The van der Waals surface area contributed by atoms with Crippen molar-refractivity contribution in [3.63, 3.8) is 0 Å². The summed E-state index contributed by atoms with van der Waals surface area (Å²) in [6.07, 6.45) is -2.58. The largest absolute Gasteiger partial charge is 0.391 e. The van der Waals surface area contributed by atoms with Crippen LogP contribution in [-0.2, 0) is 27.2 Å². The van der Waals surface area contributed by atoms with Gasteiger partial charge in [0.25, 0.3) is 0 Å². The average molecular weight is 572 g/mol. The van der Waals surface area contributed by atoms with Crippen LogP contribution in [0.4, 0.5) is 0 Å². The molecule has 2 atom stereocenters. The van der Waals surface area contributed by atoms with Gasteiger partial charge in [-0.1, -0.05) is 60.7 Å². The number of hydrogen-bond donors (Lipinski definition) is 2. The van der Waals surface area contributed by atoms with E-state index in [-0.39, 0.29) is 57.9 Å². The first kappa shape index (κ1) is 32.8. The van der Waals surface area contributed by atoms with Gasteiger partial charge >= 0.3 is 15.2 Å². The third kappa shape index (κ3) is 10.6. The molecule has 0 radical (unpaired) electrons. The molecule has 0 heterocycles. The summed E-state index contributed by atoms with van der Waals surface area (Å²) in [5, 5.41) is 22.2. The lowest BCUT2D eigenvalue weighted by Gasteiger charge is -2.36. The fraction of sp³-hybridized carbons (Fsp3) is 0.556. The Morgan fingerprint density at radius 2 is 0.947 bits per heavy atom. The van der Waals surface area contributed by atoms with Crippen LogP contribution in [0.3, 0.4) is 0 Å². The highest BCUT2D eigenvalue weighted by atomic mass is 31.2. The first-order valence-electron chi connectivity index (χ1n) is 13.1. The number of aliphatic hydroxyl groups is 2. The molecule has 0 saturated heterocycles. The van der Waals surface area contributed by atoms with Gasteiger partial charge in [-0.2, -0.15) is 0 Å². The number of aliphatic hydroxyl groups excluding tert-OH is 2. The van der Waals surface area contributed by atoms with Crippen LogP contribution in [0, 0.1) is 0 Å². The van der Waals surface area contributed by atoms with Crippen molar-refractivity contribution in [2.24, 2.45) is 0 Å². The number of hydrogen-bond acceptors (Lipinski definition) is 9. The van der Waals surface area contributed by atoms with E-state index in [2.05, 4.69) is 0 Å². The molecule has 0 spiro atoms. The van der Waals surface area contributed by atoms with E-state index in [1.807, 2.05) is 65.6 Å². The van der Waals surface area contributed by atoms with Crippen LogP contribution in [0.5, 0.6) is 0 Å². The average Bonchev–Trinajstić information content (AvgIpc) is 2.85. The minimum atomic E-state index is -3.52. The van der Waals surface area contributed by atoms with Gasteiger partial charge in [-0.25, -0.2) is 0 Å². The molecule has 2 aromatic rings. The van der Waals surface area contributed by atoms with E-state index in [9.17, 15) is 19.3 Å². The third-order valence-corrected chi connectivity index (χ3v) is 10.0. The maximum absolute atomic E-state index is 13.1. The topological polar surface area (TPSA) is 115 Å². The van der Waals surface area contributed by atoms with E-state index in [4.69, 9.17) is 18.1 Å². The van der Waals surface area contributed by atoms with Crippen LogP contribution >= 0.6 is 15.2 Å². The minimum Gasteiger partial charge on any atom is -0.391 e. The van der Waals surface area contributed by atoms with E-state index in [0.29, 0.717) is 0 Å². The molecule has 0 unspecified atom stereocenters. The molecular formula is C27H43NO8P2. The molecule has 0 saturated carbocycles. The second-order valence-corrected chi connectivity index (χ2v) is 13.0. The van der Waals surface area contributed by atoms with E-state index in [1.54, 1.807) is 27.7 Å². The summed E-state index contributed by atoms with van der Waals surface area (Å²) in [7, 11) is -7.03. The fourth-order valence-corrected chi connectivity index (χ4v) is 7.82. The summed E-state index contributed by atoms with van der Waals surface area (Å²) in [6.45, 7) is 7.72. The highest BCUT2D eigenvalue weighted by Gasteiger charge is 2.34. The van der Waals surface area contributed by atoms with Gasteiger partial charge < -0.3 is 28.3 Å². The zero-order valence-electron chi connectivity index (χ0n) is 22.8. The molecule has 0 aliphatic carbocycles. The molecule has 2 aromatic carbocycles. The Morgan fingerprint density at radius 1 is 0.632 bits per heavy atom. The Labute approximate surface area is 227 Å². The molecular weight excluding hydrogens is 528 g/mol. The predicted molar refractivity (Wildman–Crippen MR) is 150 cm³/mol. The lowest BCUT2D eigenvalue weighted by Crippen LogP contribution is -2.43. The van der Waals surface area contributed by atoms with Gasteiger partial charge in [-0.15, -0.1) is 0 Å². The van der Waals surface area contributed by atoms with Crippen molar-refractivity contribution in [1.29, 1.82) is 0 Å². The molecule has 0 fully saturated rings. The highest BCUT2D eigenvalue weighted by molar-refractivity contribution is 7.54. The van der Waals surface area contributed by atoms with Crippen molar-refractivity contribution in [3.05, 3.63) is 71.8 Å². The maximum Gasteiger partial charge on any atom is 0.333 e. The Kier molecular flexibility index (Phi) is 14.4. The molecule has 38 heavy (non-hydrogen) atoms. The van der Waals surface area contributed by atoms with Gasteiger partial charge in [0.2, 0.25) is 0 Å². The van der Waals surface area contributed by atoms with Crippen molar-refractivity contribution in [2.75, 3.05) is 51.8 Å². The predicted octanol–water partition coefficient (Wildman–Crippen LogP) is 5.33. The molecule has 0 amide bonds. The van der Waals surface area contributed by atoms with Crippen molar-refractivity contribution < 1.29 is 37.4 Å². The van der Waals surface area contributed by atoms with Crippen LogP contribution in [0.2, 0.25) is 0 Å².